The second kappa shape index (κ2) is 21.0. The average molecular weight is 733 g/mol. The summed E-state index contributed by atoms with van der Waals surface area (Å²) in [6.07, 6.45) is -0.00359. The topological polar surface area (TPSA) is 167 Å². The smallest absolute Gasteiger partial charge is 0.246 e. The number of ether oxygens (including phenoxy) is 2. The highest BCUT2D eigenvalue weighted by Gasteiger charge is 2.43. The van der Waals surface area contributed by atoms with Crippen LogP contribution in [0.1, 0.15) is 85.8 Å². The van der Waals surface area contributed by atoms with Crippen molar-refractivity contribution in [3.05, 3.63) is 35.9 Å². The normalized spacial score (nSPS) is 20.6. The molecule has 2 rings (SSSR count). The lowest BCUT2D eigenvalue weighted by atomic mass is 9.89. The molecule has 1 heterocycles. The molecule has 4 amide bonds. The highest BCUT2D eigenvalue weighted by atomic mass is 16.5. The Labute approximate surface area is 312 Å². The van der Waals surface area contributed by atoms with E-state index in [1.165, 1.54) is 7.11 Å². The SMILES string of the molecule is CC[C@H](C)[C@@H]([C@@H](CC(=O)N1CCC[C@H]1[C@H](OC)[C@@H](C)C(=O)N[C@H](C)[C@@H](O)c1ccccc1)OC)N(C)C(=O)[C@H](NC(=O)C(C(C)C)N(C)C)[C@H](C)N. The summed E-state index contributed by atoms with van der Waals surface area (Å²) >= 11 is 0. The van der Waals surface area contributed by atoms with Crippen LogP contribution in [0, 0.1) is 17.8 Å². The number of aliphatic hydroxyl groups excluding tert-OH is 1. The fraction of sp³-hybridized carbons (Fsp3) is 0.744. The lowest BCUT2D eigenvalue weighted by molar-refractivity contribution is -0.147. The molecule has 1 aromatic carbocycles. The van der Waals surface area contributed by atoms with Crippen LogP contribution >= 0.6 is 0 Å². The molecule has 52 heavy (non-hydrogen) atoms. The van der Waals surface area contributed by atoms with Gasteiger partial charge in [-0.1, -0.05) is 71.4 Å². The largest absolute Gasteiger partial charge is 0.386 e. The molecular weight excluding hydrogens is 664 g/mol. The maximum atomic E-state index is 14.1. The highest BCUT2D eigenvalue weighted by molar-refractivity contribution is 5.90. The van der Waals surface area contributed by atoms with Gasteiger partial charge in [0.25, 0.3) is 0 Å². The van der Waals surface area contributed by atoms with E-state index in [0.29, 0.717) is 24.9 Å². The standard InChI is InChI=1S/C39H68N6O7/c1-13-24(4)34(44(10)39(50)32(26(6)40)42-38(49)33(23(2)3)43(8)9)30(51-11)22-31(46)45-21-17-20-29(45)36(52-12)25(5)37(48)41-27(7)35(47)28-18-15-14-16-19-28/h14-16,18-19,23-27,29-30,32-36,47H,13,17,20-22,40H2,1-12H3,(H,41,48)(H,42,49)/t24-,25+,26-,27+,29-,30+,32+,33?,34-,35+,36+/m0/s1. The number of nitrogens with two attached hydrogens (primary N) is 1. The molecule has 1 unspecified atom stereocenters. The summed E-state index contributed by atoms with van der Waals surface area (Å²) in [6.45, 7) is 13.7. The fourth-order valence-electron chi connectivity index (χ4n) is 7.69. The Morgan fingerprint density at radius 2 is 1.58 bits per heavy atom. The molecule has 0 bridgehead atoms. The number of carbonyl (C=O) groups excluding carboxylic acids is 4. The van der Waals surface area contributed by atoms with Gasteiger partial charge in [-0.15, -0.1) is 0 Å². The number of carbonyl (C=O) groups is 4. The Morgan fingerprint density at radius 3 is 2.08 bits per heavy atom. The number of hydrogen-bond acceptors (Lipinski definition) is 9. The lowest BCUT2D eigenvalue weighted by Crippen LogP contribution is -2.62. The Morgan fingerprint density at radius 1 is 0.962 bits per heavy atom. The van der Waals surface area contributed by atoms with E-state index in [4.69, 9.17) is 15.2 Å². The molecule has 0 spiro atoms. The fourth-order valence-corrected chi connectivity index (χ4v) is 7.69. The third-order valence-corrected chi connectivity index (χ3v) is 10.8. The van der Waals surface area contributed by atoms with Crippen molar-refractivity contribution in [2.24, 2.45) is 23.5 Å². The first-order chi connectivity index (χ1) is 24.4. The van der Waals surface area contributed by atoms with Gasteiger partial charge in [0.05, 0.1) is 54.8 Å². The number of likely N-dealkylation sites (tertiary alicyclic amines) is 1. The van der Waals surface area contributed by atoms with Gasteiger partial charge in [-0.25, -0.2) is 0 Å². The summed E-state index contributed by atoms with van der Waals surface area (Å²) in [5.74, 6) is -1.73. The van der Waals surface area contributed by atoms with Crippen LogP contribution in [-0.2, 0) is 28.7 Å². The van der Waals surface area contributed by atoms with Crippen LogP contribution in [0.3, 0.4) is 0 Å². The van der Waals surface area contributed by atoms with Crippen molar-refractivity contribution in [1.82, 2.24) is 25.3 Å². The number of hydrogen-bond donors (Lipinski definition) is 4. The number of amides is 4. The van der Waals surface area contributed by atoms with E-state index in [1.54, 1.807) is 44.7 Å². The third-order valence-electron chi connectivity index (χ3n) is 10.8. The predicted molar refractivity (Wildman–Crippen MR) is 203 cm³/mol. The molecule has 1 saturated heterocycles. The van der Waals surface area contributed by atoms with E-state index < -0.39 is 54.4 Å². The maximum absolute atomic E-state index is 14.1. The van der Waals surface area contributed by atoms with E-state index in [1.807, 2.05) is 77.0 Å². The van der Waals surface area contributed by atoms with Gasteiger partial charge in [0.15, 0.2) is 0 Å². The second-order valence-electron chi connectivity index (χ2n) is 15.2. The maximum Gasteiger partial charge on any atom is 0.246 e. The Bertz CT molecular complexity index is 1270. The molecule has 0 aliphatic carbocycles. The summed E-state index contributed by atoms with van der Waals surface area (Å²) in [5.41, 5.74) is 7.01. The summed E-state index contributed by atoms with van der Waals surface area (Å²) in [7, 11) is 8.42. The number of rotatable bonds is 20. The van der Waals surface area contributed by atoms with Crippen LogP contribution in [0.15, 0.2) is 30.3 Å². The molecule has 11 atom stereocenters. The predicted octanol–water partition coefficient (Wildman–Crippen LogP) is 2.56. The van der Waals surface area contributed by atoms with Gasteiger partial charge >= 0.3 is 0 Å². The molecule has 0 aromatic heterocycles. The van der Waals surface area contributed by atoms with Crippen LogP contribution in [-0.4, -0.2) is 134 Å². The Hall–Kier alpha value is -3.10. The molecule has 1 aliphatic heterocycles. The van der Waals surface area contributed by atoms with Gasteiger partial charge in [-0.05, 0) is 58.2 Å². The van der Waals surface area contributed by atoms with Gasteiger partial charge in [0.1, 0.15) is 6.04 Å². The van der Waals surface area contributed by atoms with Crippen LogP contribution in [0.2, 0.25) is 0 Å². The van der Waals surface area contributed by atoms with E-state index in [0.717, 1.165) is 6.42 Å². The minimum Gasteiger partial charge on any atom is -0.386 e. The van der Waals surface area contributed by atoms with Crippen molar-refractivity contribution >= 4 is 23.6 Å². The van der Waals surface area contributed by atoms with E-state index in [9.17, 15) is 24.3 Å². The second-order valence-corrected chi connectivity index (χ2v) is 15.2. The minimum absolute atomic E-state index is 0.00218. The molecule has 0 radical (unpaired) electrons. The van der Waals surface area contributed by atoms with Crippen LogP contribution in [0.25, 0.3) is 0 Å². The number of aliphatic hydroxyl groups is 1. The molecule has 13 nitrogen and oxygen atoms in total. The summed E-state index contributed by atoms with van der Waals surface area (Å²) in [5, 5.41) is 16.7. The Kier molecular flexibility index (Phi) is 18.2. The number of methoxy groups -OCH3 is 2. The first kappa shape index (κ1) is 45.1. The summed E-state index contributed by atoms with van der Waals surface area (Å²) in [4.78, 5) is 60.2. The molecule has 1 aliphatic rings. The number of nitrogens with zero attached hydrogens (tertiary/aromatic N) is 3. The quantitative estimate of drug-likeness (QED) is 0.158. The highest BCUT2D eigenvalue weighted by Crippen LogP contribution is 2.30. The van der Waals surface area contributed by atoms with E-state index >= 15 is 0 Å². The van der Waals surface area contributed by atoms with Crippen LogP contribution in [0.4, 0.5) is 0 Å². The number of nitrogens with one attached hydrogen (secondary N) is 2. The van der Waals surface area contributed by atoms with Crippen molar-refractivity contribution in [3.63, 3.8) is 0 Å². The first-order valence-corrected chi connectivity index (χ1v) is 18.8. The average Bonchev–Trinajstić information content (AvgIpc) is 3.59. The zero-order chi connectivity index (χ0) is 39.4. The van der Waals surface area contributed by atoms with Gasteiger partial charge in [-0.3, -0.25) is 24.1 Å². The number of benzene rings is 1. The molecule has 5 N–H and O–H groups in total. The first-order valence-electron chi connectivity index (χ1n) is 18.8. The van der Waals surface area contributed by atoms with Crippen LogP contribution in [0.5, 0.6) is 0 Å². The zero-order valence-corrected chi connectivity index (χ0v) is 33.7. The summed E-state index contributed by atoms with van der Waals surface area (Å²) in [6, 6.07) is 5.67. The van der Waals surface area contributed by atoms with Gasteiger partial charge in [0, 0.05) is 33.9 Å². The van der Waals surface area contributed by atoms with Crippen molar-refractivity contribution in [2.75, 3.05) is 41.9 Å². The minimum atomic E-state index is -0.979. The Balaban J connectivity index is 2.25. The molecule has 13 heteroatoms. The van der Waals surface area contributed by atoms with E-state index in [-0.39, 0.29) is 47.9 Å². The van der Waals surface area contributed by atoms with Crippen molar-refractivity contribution < 1.29 is 33.8 Å². The van der Waals surface area contributed by atoms with Gasteiger partial charge < -0.3 is 40.7 Å². The molecular formula is C39H68N6O7. The molecule has 296 valence electrons. The zero-order valence-electron chi connectivity index (χ0n) is 33.7. The van der Waals surface area contributed by atoms with Gasteiger partial charge in [-0.2, -0.15) is 0 Å². The van der Waals surface area contributed by atoms with Crippen molar-refractivity contribution in [2.45, 2.75) is 129 Å². The van der Waals surface area contributed by atoms with E-state index in [2.05, 4.69) is 10.6 Å². The van der Waals surface area contributed by atoms with Crippen molar-refractivity contribution in [1.29, 1.82) is 0 Å². The third kappa shape index (κ3) is 11.4. The monoisotopic (exact) mass is 733 g/mol. The molecule has 1 fully saturated rings. The molecule has 1 aromatic rings. The summed E-state index contributed by atoms with van der Waals surface area (Å²) < 4.78 is 11.9. The van der Waals surface area contributed by atoms with Crippen molar-refractivity contribution in [3.8, 4) is 0 Å². The number of likely N-dealkylation sites (N-methyl/N-ethyl adjacent to an activating group) is 2. The van der Waals surface area contributed by atoms with Crippen LogP contribution < -0.4 is 16.4 Å². The van der Waals surface area contributed by atoms with Gasteiger partial charge in [0.2, 0.25) is 23.6 Å². The molecule has 0 saturated carbocycles. The lowest BCUT2D eigenvalue weighted by Gasteiger charge is -2.41.